The highest BCUT2D eigenvalue weighted by atomic mass is 19.1. The molecule has 0 spiro atoms. The minimum atomic E-state index is -0.397. The number of para-hydroxylation sites is 2. The molecule has 1 aliphatic carbocycles. The maximum absolute atomic E-state index is 16.9. The van der Waals surface area contributed by atoms with Crippen LogP contribution in [0.2, 0.25) is 0 Å². The topological polar surface area (TPSA) is 46.9 Å². The van der Waals surface area contributed by atoms with Gasteiger partial charge in [0.05, 0.1) is 5.69 Å². The molecule has 5 heteroatoms. The Bertz CT molecular complexity index is 3060. The second kappa shape index (κ2) is 17.8. The summed E-state index contributed by atoms with van der Waals surface area (Å²) < 4.78 is 16.9. The summed E-state index contributed by atoms with van der Waals surface area (Å²) in [6.07, 6.45) is 12.1. The van der Waals surface area contributed by atoms with E-state index in [1.807, 2.05) is 169 Å². The second-order valence-corrected chi connectivity index (χ2v) is 15.4. The number of anilines is 4. The van der Waals surface area contributed by atoms with Crippen molar-refractivity contribution < 1.29 is 14.6 Å². The third-order valence-electron chi connectivity index (χ3n) is 11.4. The lowest BCUT2D eigenvalue weighted by atomic mass is 9.91. The van der Waals surface area contributed by atoms with Gasteiger partial charge in [-0.15, -0.1) is 0 Å². The molecule has 8 aromatic rings. The number of benzene rings is 8. The van der Waals surface area contributed by atoms with Crippen molar-refractivity contribution in [2.75, 3.05) is 9.80 Å². The van der Waals surface area contributed by atoms with Gasteiger partial charge in [0, 0.05) is 51.0 Å². The average Bonchev–Trinajstić information content (AvgIpc) is 3.33. The highest BCUT2D eigenvalue weighted by Crippen LogP contribution is 2.45. The molecule has 9 rings (SSSR count). The molecule has 0 fully saturated rings. The molecule has 0 saturated carbocycles. The number of halogens is 1. The minimum absolute atomic E-state index is 0.0825. The Kier molecular flexibility index (Phi) is 11.4. The van der Waals surface area contributed by atoms with Gasteiger partial charge in [-0.1, -0.05) is 147 Å². The van der Waals surface area contributed by atoms with Gasteiger partial charge in [-0.25, -0.2) is 4.39 Å². The van der Waals surface area contributed by atoms with Crippen molar-refractivity contribution in [3.05, 3.63) is 248 Å². The normalized spacial score (nSPS) is 12.3. The number of nitrogens with zero attached hydrogens (tertiary/aromatic N) is 2. The maximum Gasteiger partial charge on any atom is 0.148 e. The molecule has 0 amide bonds. The summed E-state index contributed by atoms with van der Waals surface area (Å²) in [7, 11) is 0. The van der Waals surface area contributed by atoms with Crippen LogP contribution in [0.1, 0.15) is 18.4 Å². The predicted molar refractivity (Wildman–Crippen MR) is 261 cm³/mol. The molecular weight excluding hydrogens is 776 g/mol. The molecule has 0 aromatic heterocycles. The van der Waals surface area contributed by atoms with E-state index in [1.54, 1.807) is 18.2 Å². The fourth-order valence-electron chi connectivity index (χ4n) is 8.41. The molecule has 0 unspecified atom stereocenters. The van der Waals surface area contributed by atoms with Gasteiger partial charge in [-0.2, -0.15) is 0 Å². The summed E-state index contributed by atoms with van der Waals surface area (Å²) in [6.45, 7) is 8.93. The van der Waals surface area contributed by atoms with E-state index in [1.165, 1.54) is 0 Å². The minimum Gasteiger partial charge on any atom is -0.507 e. The Morgan fingerprint density at radius 2 is 1.19 bits per heavy atom. The summed E-state index contributed by atoms with van der Waals surface area (Å²) in [4.78, 5) is 3.98. The van der Waals surface area contributed by atoms with Crippen molar-refractivity contribution in [1.29, 1.82) is 0 Å². The van der Waals surface area contributed by atoms with Crippen molar-refractivity contribution in [1.82, 2.24) is 0 Å². The van der Waals surface area contributed by atoms with Crippen molar-refractivity contribution in [2.24, 2.45) is 0 Å². The first-order valence-electron chi connectivity index (χ1n) is 21.0. The second-order valence-electron chi connectivity index (χ2n) is 15.4. The van der Waals surface area contributed by atoms with Gasteiger partial charge in [-0.05, 0) is 124 Å². The van der Waals surface area contributed by atoms with Crippen LogP contribution in [0.3, 0.4) is 0 Å². The van der Waals surface area contributed by atoms with Crippen LogP contribution in [0.15, 0.2) is 237 Å². The summed E-state index contributed by atoms with van der Waals surface area (Å²) in [5.74, 6) is -0.203. The third-order valence-corrected chi connectivity index (χ3v) is 11.4. The van der Waals surface area contributed by atoms with Crippen molar-refractivity contribution in [3.63, 3.8) is 0 Å². The molecule has 0 heterocycles. The van der Waals surface area contributed by atoms with Gasteiger partial charge < -0.3 is 20.0 Å². The molecule has 0 saturated heterocycles. The Labute approximate surface area is 368 Å². The van der Waals surface area contributed by atoms with Gasteiger partial charge >= 0.3 is 0 Å². The predicted octanol–water partition coefficient (Wildman–Crippen LogP) is 15.7. The summed E-state index contributed by atoms with van der Waals surface area (Å²) in [5.41, 5.74) is 10.4. The lowest BCUT2D eigenvalue weighted by Crippen LogP contribution is -2.17. The fraction of sp³-hybridized carbons (Fsp3) is 0.0345. The van der Waals surface area contributed by atoms with Crippen molar-refractivity contribution in [2.45, 2.75) is 12.8 Å². The summed E-state index contributed by atoms with van der Waals surface area (Å²) in [6, 6.07) is 58.0. The molecule has 8 aromatic carbocycles. The lowest BCUT2D eigenvalue weighted by molar-refractivity contribution is 0.477. The number of rotatable bonds is 12. The third kappa shape index (κ3) is 8.20. The van der Waals surface area contributed by atoms with Gasteiger partial charge in [0.1, 0.15) is 17.3 Å². The zero-order chi connectivity index (χ0) is 43.3. The maximum atomic E-state index is 16.9. The molecule has 4 nitrogen and oxygen atoms in total. The number of aromatic hydroxyl groups is 2. The average molecular weight is 821 g/mol. The molecule has 0 bridgehead atoms. The SMILES string of the molecule is C=C(/C=C\C(=C)N(c1ccccc1)c1c(F)cc(-c2ccccc2)cc1-c1ccccc1)c1cccc2c(-c3ccc(N(C4=CCCC=C4)c4ccccc4)cc3O)ccc(O)c12. The molecular formula is C58H45FN2O2. The molecule has 2 N–H and O–H groups in total. The monoisotopic (exact) mass is 820 g/mol. The van der Waals surface area contributed by atoms with E-state index >= 15 is 4.39 Å². The first-order chi connectivity index (χ1) is 30.9. The number of phenols is 2. The summed E-state index contributed by atoms with van der Waals surface area (Å²) >= 11 is 0. The lowest BCUT2D eigenvalue weighted by Gasteiger charge is -2.29. The van der Waals surface area contributed by atoms with Crippen LogP contribution in [0, 0.1) is 5.82 Å². The quantitative estimate of drug-likeness (QED) is 0.121. The van der Waals surface area contributed by atoms with Crippen LogP contribution in [0.5, 0.6) is 11.5 Å². The Hall–Kier alpha value is -8.15. The molecule has 0 atom stereocenters. The van der Waals surface area contributed by atoms with Crippen LogP contribution < -0.4 is 9.80 Å². The molecule has 0 radical (unpaired) electrons. The van der Waals surface area contributed by atoms with Crippen LogP contribution in [-0.2, 0) is 0 Å². The van der Waals surface area contributed by atoms with Gasteiger partial charge in [0.25, 0.3) is 0 Å². The van der Waals surface area contributed by atoms with E-state index in [-0.39, 0.29) is 11.5 Å². The van der Waals surface area contributed by atoms with Crippen molar-refractivity contribution >= 4 is 39.1 Å². The number of fused-ring (bicyclic) bond motifs is 1. The Balaban J connectivity index is 1.08. The number of allylic oxidation sites excluding steroid dienone is 6. The van der Waals surface area contributed by atoms with Crippen LogP contribution in [0.25, 0.3) is 49.7 Å². The fourth-order valence-corrected chi connectivity index (χ4v) is 8.41. The Morgan fingerprint density at radius 3 is 1.86 bits per heavy atom. The number of hydrogen-bond donors (Lipinski definition) is 2. The van der Waals surface area contributed by atoms with E-state index in [2.05, 4.69) is 48.4 Å². The van der Waals surface area contributed by atoms with Crippen LogP contribution in [0.4, 0.5) is 27.1 Å². The number of hydrogen-bond acceptors (Lipinski definition) is 4. The van der Waals surface area contributed by atoms with E-state index in [0.29, 0.717) is 39.0 Å². The van der Waals surface area contributed by atoms with E-state index in [4.69, 9.17) is 0 Å². The zero-order valence-corrected chi connectivity index (χ0v) is 34.7. The standard InChI is InChI=1S/C58H45FN2O2/c1-40(31-32-41(2)60(45-23-12-5-13-24-45)58-53(43-21-10-4-11-22-43)37-44(38-54(58)59)42-19-8-3-9-20-42)49-29-18-30-52-50(35-36-55(62)57(49)52)51-34-33-48(39-56(51)63)61(46-25-14-6-15-26-46)47-27-16-7-17-28-47/h3-6,8-16,18-39,62-63H,1-2,7,17H2/b32-31-. The molecule has 1 aliphatic rings. The van der Waals surface area contributed by atoms with Gasteiger partial charge in [-0.3, -0.25) is 0 Å². The summed E-state index contributed by atoms with van der Waals surface area (Å²) in [5, 5.41) is 24.5. The van der Waals surface area contributed by atoms with E-state index in [0.717, 1.165) is 63.2 Å². The smallest absolute Gasteiger partial charge is 0.148 e. The Morgan fingerprint density at radius 1 is 0.540 bits per heavy atom. The first kappa shape index (κ1) is 40.3. The number of phenolic OH excluding ortho intramolecular Hbond substituents is 2. The van der Waals surface area contributed by atoms with E-state index < -0.39 is 5.82 Å². The zero-order valence-electron chi connectivity index (χ0n) is 34.7. The van der Waals surface area contributed by atoms with Crippen molar-refractivity contribution in [3.8, 4) is 44.9 Å². The van der Waals surface area contributed by atoms with Gasteiger partial charge in [0.2, 0.25) is 0 Å². The van der Waals surface area contributed by atoms with Crippen LogP contribution in [-0.4, -0.2) is 10.2 Å². The highest BCUT2D eigenvalue weighted by Gasteiger charge is 2.23. The van der Waals surface area contributed by atoms with E-state index in [9.17, 15) is 10.2 Å². The van der Waals surface area contributed by atoms with Gasteiger partial charge in [0.15, 0.2) is 0 Å². The molecule has 0 aliphatic heterocycles. The first-order valence-corrected chi connectivity index (χ1v) is 21.0. The van der Waals surface area contributed by atoms with Crippen LogP contribution >= 0.6 is 0 Å². The molecule has 63 heavy (non-hydrogen) atoms. The highest BCUT2D eigenvalue weighted by molar-refractivity contribution is 6.07. The largest absolute Gasteiger partial charge is 0.507 e. The molecule has 306 valence electrons.